The molecular weight excluding hydrogens is 264 g/mol. The van der Waals surface area contributed by atoms with Crippen LogP contribution in [0, 0.1) is 5.92 Å². The molecule has 4 heteroatoms. The van der Waals surface area contributed by atoms with Crippen LogP contribution in [0.25, 0.3) is 0 Å². The Morgan fingerprint density at radius 2 is 2.05 bits per heavy atom. The SMILES string of the molecule is NC1CCC(C(=O)NCCCOCCc2ccccc2)C1. The fraction of sp³-hybridized carbons (Fsp3) is 0.588. The zero-order chi connectivity index (χ0) is 14.9. The van der Waals surface area contributed by atoms with Gasteiger partial charge in [0, 0.05) is 25.1 Å². The van der Waals surface area contributed by atoms with E-state index in [9.17, 15) is 4.79 Å². The van der Waals surface area contributed by atoms with Crippen LogP contribution in [0.4, 0.5) is 0 Å². The van der Waals surface area contributed by atoms with Crippen molar-refractivity contribution in [2.24, 2.45) is 11.7 Å². The third-order valence-corrected chi connectivity index (χ3v) is 3.99. The van der Waals surface area contributed by atoms with Gasteiger partial charge in [0.15, 0.2) is 0 Å². The van der Waals surface area contributed by atoms with Crippen molar-refractivity contribution in [2.45, 2.75) is 38.1 Å². The van der Waals surface area contributed by atoms with E-state index in [1.54, 1.807) is 0 Å². The van der Waals surface area contributed by atoms with Gasteiger partial charge in [-0.05, 0) is 37.7 Å². The molecule has 2 unspecified atom stereocenters. The zero-order valence-electron chi connectivity index (χ0n) is 12.6. The highest BCUT2D eigenvalue weighted by molar-refractivity contribution is 5.78. The summed E-state index contributed by atoms with van der Waals surface area (Å²) in [6.45, 7) is 2.11. The van der Waals surface area contributed by atoms with Crippen LogP contribution in [0.2, 0.25) is 0 Å². The number of nitrogens with one attached hydrogen (secondary N) is 1. The molecule has 3 N–H and O–H groups in total. The van der Waals surface area contributed by atoms with Crippen LogP contribution in [0.3, 0.4) is 0 Å². The number of amides is 1. The number of carbonyl (C=O) groups is 1. The lowest BCUT2D eigenvalue weighted by molar-refractivity contribution is -0.124. The van der Waals surface area contributed by atoms with Gasteiger partial charge in [0.25, 0.3) is 0 Å². The first kappa shape index (κ1) is 16.0. The Bertz CT molecular complexity index is 422. The molecule has 2 rings (SSSR count). The minimum atomic E-state index is 0.124. The molecule has 1 fully saturated rings. The zero-order valence-corrected chi connectivity index (χ0v) is 12.6. The molecule has 0 spiro atoms. The number of hydrogen-bond acceptors (Lipinski definition) is 3. The average molecular weight is 290 g/mol. The van der Waals surface area contributed by atoms with E-state index in [0.717, 1.165) is 38.7 Å². The van der Waals surface area contributed by atoms with Crippen molar-refractivity contribution < 1.29 is 9.53 Å². The normalized spacial score (nSPS) is 21.4. The van der Waals surface area contributed by atoms with Crippen LogP contribution in [0.15, 0.2) is 30.3 Å². The highest BCUT2D eigenvalue weighted by Gasteiger charge is 2.27. The first-order valence-electron chi connectivity index (χ1n) is 7.90. The Labute approximate surface area is 127 Å². The molecule has 0 heterocycles. The van der Waals surface area contributed by atoms with E-state index in [1.807, 2.05) is 18.2 Å². The summed E-state index contributed by atoms with van der Waals surface area (Å²) in [4.78, 5) is 11.9. The Morgan fingerprint density at radius 3 is 2.76 bits per heavy atom. The van der Waals surface area contributed by atoms with Gasteiger partial charge in [-0.15, -0.1) is 0 Å². The summed E-state index contributed by atoms with van der Waals surface area (Å²) >= 11 is 0. The maximum atomic E-state index is 11.9. The second-order valence-electron chi connectivity index (χ2n) is 5.76. The molecule has 4 nitrogen and oxygen atoms in total. The van der Waals surface area contributed by atoms with Gasteiger partial charge >= 0.3 is 0 Å². The third-order valence-electron chi connectivity index (χ3n) is 3.99. The van der Waals surface area contributed by atoms with Crippen LogP contribution < -0.4 is 11.1 Å². The highest BCUT2D eigenvalue weighted by Crippen LogP contribution is 2.23. The molecular formula is C17H26N2O2. The molecule has 1 aliphatic rings. The minimum Gasteiger partial charge on any atom is -0.381 e. The van der Waals surface area contributed by atoms with Crippen LogP contribution in [0.1, 0.15) is 31.2 Å². The molecule has 0 saturated heterocycles. The van der Waals surface area contributed by atoms with Gasteiger partial charge in [0.05, 0.1) is 6.61 Å². The van der Waals surface area contributed by atoms with Crippen molar-refractivity contribution in [3.05, 3.63) is 35.9 Å². The van der Waals surface area contributed by atoms with E-state index in [4.69, 9.17) is 10.5 Å². The lowest BCUT2D eigenvalue weighted by Gasteiger charge is -2.10. The first-order valence-corrected chi connectivity index (χ1v) is 7.90. The minimum absolute atomic E-state index is 0.124. The van der Waals surface area contributed by atoms with Gasteiger partial charge in [-0.3, -0.25) is 4.79 Å². The monoisotopic (exact) mass is 290 g/mol. The topological polar surface area (TPSA) is 64.4 Å². The standard InChI is InChI=1S/C17H26N2O2/c18-16-8-7-15(13-16)17(20)19-10-4-11-21-12-9-14-5-2-1-3-6-14/h1-3,5-6,15-16H,4,7-13,18H2,(H,19,20). The summed E-state index contributed by atoms with van der Waals surface area (Å²) in [7, 11) is 0. The van der Waals surface area contributed by atoms with E-state index >= 15 is 0 Å². The van der Waals surface area contributed by atoms with Crippen molar-refractivity contribution in [2.75, 3.05) is 19.8 Å². The number of nitrogens with two attached hydrogens (primary N) is 1. The third kappa shape index (κ3) is 5.86. The van der Waals surface area contributed by atoms with Crippen molar-refractivity contribution in [1.82, 2.24) is 5.32 Å². The van der Waals surface area contributed by atoms with Gasteiger partial charge < -0.3 is 15.8 Å². The van der Waals surface area contributed by atoms with Crippen LogP contribution >= 0.6 is 0 Å². The van der Waals surface area contributed by atoms with E-state index in [-0.39, 0.29) is 17.9 Å². The number of rotatable bonds is 8. The summed E-state index contributed by atoms with van der Waals surface area (Å²) in [5, 5.41) is 2.98. The number of carbonyl (C=O) groups excluding carboxylic acids is 1. The fourth-order valence-corrected chi connectivity index (χ4v) is 2.72. The van der Waals surface area contributed by atoms with Crippen molar-refractivity contribution >= 4 is 5.91 Å². The van der Waals surface area contributed by atoms with Gasteiger partial charge in [-0.2, -0.15) is 0 Å². The Balaban J connectivity index is 1.46. The number of hydrogen-bond donors (Lipinski definition) is 2. The molecule has 0 bridgehead atoms. The van der Waals surface area contributed by atoms with Crippen molar-refractivity contribution in [1.29, 1.82) is 0 Å². The summed E-state index contributed by atoms with van der Waals surface area (Å²) in [5.41, 5.74) is 7.12. The van der Waals surface area contributed by atoms with Crippen LogP contribution in [-0.4, -0.2) is 31.7 Å². The second kappa shape index (κ2) is 8.80. The number of benzene rings is 1. The van der Waals surface area contributed by atoms with E-state index in [1.165, 1.54) is 5.56 Å². The molecule has 116 valence electrons. The molecule has 1 amide bonds. The van der Waals surface area contributed by atoms with E-state index < -0.39 is 0 Å². The lowest BCUT2D eigenvalue weighted by Crippen LogP contribution is -2.31. The second-order valence-corrected chi connectivity index (χ2v) is 5.76. The molecule has 0 radical (unpaired) electrons. The fourth-order valence-electron chi connectivity index (χ4n) is 2.72. The first-order chi connectivity index (χ1) is 10.3. The maximum absolute atomic E-state index is 11.9. The maximum Gasteiger partial charge on any atom is 0.223 e. The highest BCUT2D eigenvalue weighted by atomic mass is 16.5. The molecule has 2 atom stereocenters. The molecule has 0 aromatic heterocycles. The predicted octanol–water partition coefficient (Wildman–Crippen LogP) is 1.88. The number of ether oxygens (including phenoxy) is 1. The molecule has 21 heavy (non-hydrogen) atoms. The van der Waals surface area contributed by atoms with E-state index in [0.29, 0.717) is 13.2 Å². The van der Waals surface area contributed by atoms with Gasteiger partial charge in [0.1, 0.15) is 0 Å². The molecule has 1 aromatic carbocycles. The van der Waals surface area contributed by atoms with Gasteiger partial charge in [0.2, 0.25) is 5.91 Å². The Hall–Kier alpha value is -1.39. The molecule has 1 aromatic rings. The van der Waals surface area contributed by atoms with Gasteiger partial charge in [-0.25, -0.2) is 0 Å². The average Bonchev–Trinajstić information content (AvgIpc) is 2.94. The molecule has 1 saturated carbocycles. The van der Waals surface area contributed by atoms with E-state index in [2.05, 4.69) is 17.4 Å². The quantitative estimate of drug-likeness (QED) is 0.719. The van der Waals surface area contributed by atoms with Crippen LogP contribution in [-0.2, 0) is 16.0 Å². The molecule has 1 aliphatic carbocycles. The van der Waals surface area contributed by atoms with Crippen LogP contribution in [0.5, 0.6) is 0 Å². The predicted molar refractivity (Wildman–Crippen MR) is 83.9 cm³/mol. The summed E-state index contributed by atoms with van der Waals surface area (Å²) in [5.74, 6) is 0.284. The lowest BCUT2D eigenvalue weighted by atomic mass is 10.1. The van der Waals surface area contributed by atoms with Crippen molar-refractivity contribution in [3.8, 4) is 0 Å². The Kier molecular flexibility index (Phi) is 6.70. The summed E-state index contributed by atoms with van der Waals surface area (Å²) < 4.78 is 5.59. The van der Waals surface area contributed by atoms with Gasteiger partial charge in [-0.1, -0.05) is 30.3 Å². The van der Waals surface area contributed by atoms with Crippen molar-refractivity contribution in [3.63, 3.8) is 0 Å². The summed E-state index contributed by atoms with van der Waals surface area (Å²) in [6.07, 6.45) is 4.53. The Morgan fingerprint density at radius 1 is 1.24 bits per heavy atom. The summed E-state index contributed by atoms with van der Waals surface area (Å²) in [6, 6.07) is 10.5. The largest absolute Gasteiger partial charge is 0.381 e. The smallest absolute Gasteiger partial charge is 0.223 e. The molecule has 0 aliphatic heterocycles.